The summed E-state index contributed by atoms with van der Waals surface area (Å²) >= 11 is 0. The van der Waals surface area contributed by atoms with E-state index in [1.807, 2.05) is 37.5 Å². The van der Waals surface area contributed by atoms with Crippen molar-refractivity contribution in [3.63, 3.8) is 0 Å². The van der Waals surface area contributed by atoms with Gasteiger partial charge in [-0.25, -0.2) is 9.78 Å². The van der Waals surface area contributed by atoms with Gasteiger partial charge in [-0.2, -0.15) is 0 Å². The summed E-state index contributed by atoms with van der Waals surface area (Å²) in [6.07, 6.45) is 6.05. The van der Waals surface area contributed by atoms with E-state index >= 15 is 0 Å². The predicted molar refractivity (Wildman–Crippen MR) is 115 cm³/mol. The van der Waals surface area contributed by atoms with Crippen LogP contribution in [0.25, 0.3) is 22.0 Å². The van der Waals surface area contributed by atoms with Gasteiger partial charge in [0.25, 0.3) is 0 Å². The normalized spacial score (nSPS) is 13.6. The molecule has 0 radical (unpaired) electrons. The van der Waals surface area contributed by atoms with Gasteiger partial charge in [-0.1, -0.05) is 30.3 Å². The van der Waals surface area contributed by atoms with E-state index in [-0.39, 0.29) is 5.56 Å². The van der Waals surface area contributed by atoms with E-state index < -0.39 is 5.97 Å². The molecule has 1 fully saturated rings. The molecule has 1 saturated carbocycles. The van der Waals surface area contributed by atoms with Crippen molar-refractivity contribution in [2.24, 2.45) is 7.05 Å². The smallest absolute Gasteiger partial charge is 0.339 e. The van der Waals surface area contributed by atoms with Gasteiger partial charge in [0.15, 0.2) is 0 Å². The fourth-order valence-corrected chi connectivity index (χ4v) is 3.87. The minimum atomic E-state index is -0.966. The molecule has 2 aromatic carbocycles. The molecule has 0 bridgehead atoms. The standard InChI is InChI=1S/C24H21N3O2/c1-27-10-9-17-11-19(13-20(22(17)27)16-5-3-2-4-6-16)26-23-21(24(28)29)12-18(14-25-23)15-7-8-15/h2-6,9-15H,7-8H2,1H3,(H,25,26)(H,28,29). The van der Waals surface area contributed by atoms with Gasteiger partial charge in [0, 0.05) is 36.1 Å². The SMILES string of the molecule is Cn1ccc2cc(Nc3ncc(C4CC4)cc3C(=O)O)cc(-c3ccccc3)c21. The van der Waals surface area contributed by atoms with Crippen molar-refractivity contribution in [2.45, 2.75) is 18.8 Å². The van der Waals surface area contributed by atoms with Crippen LogP contribution < -0.4 is 5.32 Å². The zero-order valence-corrected chi connectivity index (χ0v) is 16.1. The average molecular weight is 383 g/mol. The van der Waals surface area contributed by atoms with Crippen molar-refractivity contribution in [3.05, 3.63) is 78.1 Å². The fourth-order valence-electron chi connectivity index (χ4n) is 3.87. The first-order valence-electron chi connectivity index (χ1n) is 9.75. The van der Waals surface area contributed by atoms with Gasteiger partial charge in [0.05, 0.1) is 5.52 Å². The average Bonchev–Trinajstić information content (AvgIpc) is 3.52. The van der Waals surface area contributed by atoms with Crippen LogP contribution in [-0.4, -0.2) is 20.6 Å². The van der Waals surface area contributed by atoms with Crippen LogP contribution in [0, 0.1) is 0 Å². The zero-order chi connectivity index (χ0) is 20.0. The van der Waals surface area contributed by atoms with Crippen molar-refractivity contribution in [1.29, 1.82) is 0 Å². The number of aromatic carboxylic acids is 1. The Labute approximate surface area is 168 Å². The molecule has 4 aromatic rings. The summed E-state index contributed by atoms with van der Waals surface area (Å²) in [4.78, 5) is 16.3. The molecule has 0 amide bonds. The third kappa shape index (κ3) is 3.25. The van der Waals surface area contributed by atoms with E-state index in [9.17, 15) is 9.90 Å². The molecule has 5 nitrogen and oxygen atoms in total. The zero-order valence-electron chi connectivity index (χ0n) is 16.1. The molecule has 5 rings (SSSR count). The topological polar surface area (TPSA) is 67.2 Å². The largest absolute Gasteiger partial charge is 0.478 e. The molecule has 0 aliphatic heterocycles. The van der Waals surface area contributed by atoms with E-state index in [0.29, 0.717) is 11.7 Å². The summed E-state index contributed by atoms with van der Waals surface area (Å²) in [5, 5.41) is 14.0. The summed E-state index contributed by atoms with van der Waals surface area (Å²) in [5.74, 6) is -0.136. The Morgan fingerprint density at radius 3 is 2.66 bits per heavy atom. The maximum absolute atomic E-state index is 11.8. The number of rotatable bonds is 5. The van der Waals surface area contributed by atoms with Crippen molar-refractivity contribution in [3.8, 4) is 11.1 Å². The van der Waals surface area contributed by atoms with Crippen LogP contribution in [0.4, 0.5) is 11.5 Å². The molecule has 0 atom stereocenters. The summed E-state index contributed by atoms with van der Waals surface area (Å²) < 4.78 is 2.10. The molecule has 1 aliphatic carbocycles. The fraction of sp³-hybridized carbons (Fsp3) is 0.167. The van der Waals surface area contributed by atoms with E-state index in [4.69, 9.17) is 0 Å². The number of carboxylic acid groups (broad SMARTS) is 1. The molecule has 0 spiro atoms. The van der Waals surface area contributed by atoms with Crippen LogP contribution in [-0.2, 0) is 7.05 Å². The van der Waals surface area contributed by atoms with Crippen LogP contribution in [0.3, 0.4) is 0 Å². The molecule has 0 unspecified atom stereocenters. The number of nitrogens with one attached hydrogen (secondary N) is 1. The van der Waals surface area contributed by atoms with E-state index in [1.54, 1.807) is 12.3 Å². The van der Waals surface area contributed by atoms with Crippen molar-refractivity contribution in [1.82, 2.24) is 9.55 Å². The second-order valence-corrected chi connectivity index (χ2v) is 7.62. The molecule has 2 aromatic heterocycles. The number of carboxylic acids is 1. The first kappa shape index (κ1) is 17.5. The number of benzene rings is 2. The Hall–Kier alpha value is -3.60. The van der Waals surface area contributed by atoms with Gasteiger partial charge in [-0.3, -0.25) is 0 Å². The Kier molecular flexibility index (Phi) is 4.09. The number of aryl methyl sites for hydroxylation is 1. The van der Waals surface area contributed by atoms with Crippen molar-refractivity contribution < 1.29 is 9.90 Å². The first-order valence-corrected chi connectivity index (χ1v) is 9.75. The second kappa shape index (κ2) is 6.78. The van der Waals surface area contributed by atoms with Gasteiger partial charge in [-0.15, -0.1) is 0 Å². The third-order valence-corrected chi connectivity index (χ3v) is 5.51. The predicted octanol–water partition coefficient (Wildman–Crippen LogP) is 5.56. The molecule has 2 N–H and O–H groups in total. The quantitative estimate of drug-likeness (QED) is 0.473. The number of hydrogen-bond donors (Lipinski definition) is 2. The molecule has 5 heteroatoms. The third-order valence-electron chi connectivity index (χ3n) is 5.51. The number of hydrogen-bond acceptors (Lipinski definition) is 3. The van der Waals surface area contributed by atoms with Crippen molar-refractivity contribution in [2.75, 3.05) is 5.32 Å². The van der Waals surface area contributed by atoms with Crippen LogP contribution in [0.1, 0.15) is 34.7 Å². The Morgan fingerprint density at radius 2 is 1.93 bits per heavy atom. The minimum Gasteiger partial charge on any atom is -0.478 e. The maximum Gasteiger partial charge on any atom is 0.339 e. The lowest BCUT2D eigenvalue weighted by atomic mass is 10.0. The van der Waals surface area contributed by atoms with Gasteiger partial charge in [0.1, 0.15) is 11.4 Å². The lowest BCUT2D eigenvalue weighted by molar-refractivity contribution is 0.0697. The Balaban J connectivity index is 1.61. The van der Waals surface area contributed by atoms with E-state index in [1.165, 1.54) is 0 Å². The highest BCUT2D eigenvalue weighted by atomic mass is 16.4. The second-order valence-electron chi connectivity index (χ2n) is 7.62. The maximum atomic E-state index is 11.8. The number of pyridine rings is 1. The van der Waals surface area contributed by atoms with Gasteiger partial charge in [0.2, 0.25) is 0 Å². The number of nitrogens with zero attached hydrogens (tertiary/aromatic N) is 2. The lowest BCUT2D eigenvalue weighted by Crippen LogP contribution is -2.06. The monoisotopic (exact) mass is 383 g/mol. The molecule has 144 valence electrons. The molecule has 29 heavy (non-hydrogen) atoms. The summed E-state index contributed by atoms with van der Waals surface area (Å²) in [5.41, 5.74) is 5.37. The molecular weight excluding hydrogens is 362 g/mol. The highest BCUT2D eigenvalue weighted by Gasteiger charge is 2.26. The molecule has 2 heterocycles. The number of fused-ring (bicyclic) bond motifs is 1. The van der Waals surface area contributed by atoms with Gasteiger partial charge >= 0.3 is 5.97 Å². The highest BCUT2D eigenvalue weighted by Crippen LogP contribution is 2.41. The summed E-state index contributed by atoms with van der Waals surface area (Å²) in [6, 6.07) is 18.1. The van der Waals surface area contributed by atoms with Gasteiger partial charge in [-0.05, 0) is 54.2 Å². The molecule has 1 aliphatic rings. The van der Waals surface area contributed by atoms with Crippen LogP contribution in [0.2, 0.25) is 0 Å². The van der Waals surface area contributed by atoms with Crippen LogP contribution in [0.5, 0.6) is 0 Å². The summed E-state index contributed by atoms with van der Waals surface area (Å²) in [7, 11) is 2.03. The molecule has 0 saturated heterocycles. The first-order chi connectivity index (χ1) is 14.1. The van der Waals surface area contributed by atoms with E-state index in [0.717, 1.165) is 46.1 Å². The Bertz CT molecular complexity index is 1220. The van der Waals surface area contributed by atoms with Crippen molar-refractivity contribution >= 4 is 28.4 Å². The summed E-state index contributed by atoms with van der Waals surface area (Å²) in [6.45, 7) is 0. The van der Waals surface area contributed by atoms with Crippen LogP contribution in [0.15, 0.2) is 67.0 Å². The molecular formula is C24H21N3O2. The number of carbonyl (C=O) groups is 1. The minimum absolute atomic E-state index is 0.212. The highest BCUT2D eigenvalue weighted by molar-refractivity contribution is 5.99. The number of anilines is 2. The van der Waals surface area contributed by atoms with Crippen LogP contribution >= 0.6 is 0 Å². The number of aromatic nitrogens is 2. The Morgan fingerprint density at radius 1 is 1.14 bits per heavy atom. The van der Waals surface area contributed by atoms with Gasteiger partial charge < -0.3 is 15.0 Å². The van der Waals surface area contributed by atoms with E-state index in [2.05, 4.69) is 39.1 Å². The lowest BCUT2D eigenvalue weighted by Gasteiger charge is -2.13.